The zero-order chi connectivity index (χ0) is 26.6. The summed E-state index contributed by atoms with van der Waals surface area (Å²) in [6, 6.07) is 22.9. The summed E-state index contributed by atoms with van der Waals surface area (Å²) in [6.07, 6.45) is -1.32. The lowest BCUT2D eigenvalue weighted by atomic mass is 9.85. The van der Waals surface area contributed by atoms with Crippen molar-refractivity contribution in [1.29, 1.82) is 0 Å². The van der Waals surface area contributed by atoms with Gasteiger partial charge in [0.2, 0.25) is 0 Å². The largest absolute Gasteiger partial charge is 0.507 e. The fraction of sp³-hybridized carbons (Fsp3) is 0.0714. The van der Waals surface area contributed by atoms with Gasteiger partial charge in [-0.3, -0.25) is 4.79 Å². The second-order valence-electron chi connectivity index (χ2n) is 7.91. The van der Waals surface area contributed by atoms with E-state index in [0.717, 1.165) is 0 Å². The van der Waals surface area contributed by atoms with Crippen LogP contribution in [0.15, 0.2) is 114 Å². The SMILES string of the molecule is O=C(O)C1=C(C(=O)c2ccccc2)C(OC(=O)c2ccccc2)C(Cl)(OC(=O)c2ccccc2)C(O)=C1. The second kappa shape index (κ2) is 10.5. The summed E-state index contributed by atoms with van der Waals surface area (Å²) in [5.74, 6) is -5.40. The van der Waals surface area contributed by atoms with Gasteiger partial charge in [0.25, 0.3) is 5.06 Å². The van der Waals surface area contributed by atoms with Crippen molar-refractivity contribution in [3.05, 3.63) is 131 Å². The molecule has 4 rings (SSSR count). The Balaban J connectivity index is 1.86. The predicted octanol–water partition coefficient (Wildman–Crippen LogP) is 4.72. The van der Waals surface area contributed by atoms with Crippen molar-refractivity contribution in [3.63, 3.8) is 0 Å². The smallest absolute Gasteiger partial charge is 0.340 e. The fourth-order valence-electron chi connectivity index (χ4n) is 3.70. The molecule has 2 atom stereocenters. The summed E-state index contributed by atoms with van der Waals surface area (Å²) >= 11 is 6.65. The van der Waals surface area contributed by atoms with Crippen LogP contribution in [-0.4, -0.2) is 45.1 Å². The maximum atomic E-state index is 13.6. The average Bonchev–Trinajstić information content (AvgIpc) is 2.92. The first-order valence-corrected chi connectivity index (χ1v) is 11.3. The molecule has 2 N–H and O–H groups in total. The summed E-state index contributed by atoms with van der Waals surface area (Å²) in [6.45, 7) is 0. The highest BCUT2D eigenvalue weighted by Crippen LogP contribution is 2.42. The molecule has 2 unspecified atom stereocenters. The van der Waals surface area contributed by atoms with Crippen molar-refractivity contribution < 1.29 is 38.9 Å². The van der Waals surface area contributed by atoms with E-state index in [1.807, 2.05) is 0 Å². The van der Waals surface area contributed by atoms with Gasteiger partial charge in [0.1, 0.15) is 0 Å². The van der Waals surface area contributed by atoms with Gasteiger partial charge in [0.05, 0.1) is 22.3 Å². The molecule has 8 nitrogen and oxygen atoms in total. The number of hydrogen-bond acceptors (Lipinski definition) is 7. The lowest BCUT2D eigenvalue weighted by Crippen LogP contribution is -2.50. The summed E-state index contributed by atoms with van der Waals surface area (Å²) in [5, 5.41) is 18.0. The predicted molar refractivity (Wildman–Crippen MR) is 132 cm³/mol. The number of aliphatic hydroxyl groups is 1. The lowest BCUT2D eigenvalue weighted by Gasteiger charge is -2.37. The van der Waals surface area contributed by atoms with Crippen molar-refractivity contribution in [2.24, 2.45) is 0 Å². The van der Waals surface area contributed by atoms with Crippen LogP contribution in [0.25, 0.3) is 0 Å². The number of ketones is 1. The van der Waals surface area contributed by atoms with E-state index in [4.69, 9.17) is 21.1 Å². The molecule has 0 spiro atoms. The topological polar surface area (TPSA) is 127 Å². The number of carboxylic acids is 1. The second-order valence-corrected chi connectivity index (χ2v) is 8.47. The molecule has 0 bridgehead atoms. The van der Waals surface area contributed by atoms with E-state index in [1.165, 1.54) is 36.4 Å². The molecular formula is C28H19ClO8. The maximum Gasteiger partial charge on any atom is 0.340 e. The first-order chi connectivity index (χ1) is 17.7. The number of esters is 2. The molecule has 9 heteroatoms. The van der Waals surface area contributed by atoms with Crippen molar-refractivity contribution >= 4 is 35.3 Å². The number of ether oxygens (including phenoxy) is 2. The Morgan fingerprint density at radius 2 is 1.19 bits per heavy atom. The number of Topliss-reactive ketones (excluding diaryl/α,β-unsaturated/α-hetero) is 1. The van der Waals surface area contributed by atoms with Gasteiger partial charge in [-0.25, -0.2) is 14.4 Å². The van der Waals surface area contributed by atoms with Gasteiger partial charge in [-0.2, -0.15) is 0 Å². The minimum Gasteiger partial charge on any atom is -0.507 e. The van der Waals surface area contributed by atoms with Gasteiger partial charge in [-0.15, -0.1) is 0 Å². The third kappa shape index (κ3) is 5.14. The van der Waals surface area contributed by atoms with Gasteiger partial charge in [0.15, 0.2) is 17.6 Å². The van der Waals surface area contributed by atoms with Crippen molar-refractivity contribution in [2.45, 2.75) is 11.2 Å². The number of benzene rings is 3. The van der Waals surface area contributed by atoms with Crippen LogP contribution in [0.3, 0.4) is 0 Å². The average molecular weight is 519 g/mol. The van der Waals surface area contributed by atoms with E-state index in [-0.39, 0.29) is 16.7 Å². The van der Waals surface area contributed by atoms with Crippen LogP contribution in [0.4, 0.5) is 0 Å². The van der Waals surface area contributed by atoms with Gasteiger partial charge < -0.3 is 19.7 Å². The number of aliphatic carboxylic acids is 1. The summed E-state index contributed by atoms with van der Waals surface area (Å²) < 4.78 is 11.0. The highest BCUT2D eigenvalue weighted by molar-refractivity contribution is 6.28. The molecule has 0 aliphatic heterocycles. The van der Waals surface area contributed by atoms with Crippen LogP contribution in [0.2, 0.25) is 0 Å². The van der Waals surface area contributed by atoms with Crippen LogP contribution in [0.1, 0.15) is 31.1 Å². The molecule has 0 aromatic heterocycles. The Kier molecular flexibility index (Phi) is 7.22. The molecule has 1 aliphatic carbocycles. The molecule has 1 aliphatic rings. The molecule has 0 amide bonds. The minimum absolute atomic E-state index is 0.0485. The lowest BCUT2D eigenvalue weighted by molar-refractivity contribution is -0.132. The first kappa shape index (κ1) is 25.4. The number of carboxylic acid groups (broad SMARTS) is 1. The third-order valence-corrected chi connectivity index (χ3v) is 5.98. The number of aliphatic hydroxyl groups excluding tert-OH is 1. The molecule has 0 saturated carbocycles. The molecule has 0 fully saturated rings. The van der Waals surface area contributed by atoms with Crippen LogP contribution in [0.5, 0.6) is 0 Å². The first-order valence-electron chi connectivity index (χ1n) is 10.9. The van der Waals surface area contributed by atoms with E-state index < -0.39 is 51.8 Å². The monoisotopic (exact) mass is 518 g/mol. The summed E-state index contributed by atoms with van der Waals surface area (Å²) in [4.78, 5) is 51.7. The Morgan fingerprint density at radius 3 is 1.68 bits per heavy atom. The number of carbonyl (C=O) groups excluding carboxylic acids is 3. The Hall–Kier alpha value is -4.69. The van der Waals surface area contributed by atoms with E-state index in [9.17, 15) is 29.4 Å². The van der Waals surface area contributed by atoms with Crippen molar-refractivity contribution in [3.8, 4) is 0 Å². The molecule has 186 valence electrons. The van der Waals surface area contributed by atoms with Crippen LogP contribution in [0, 0.1) is 0 Å². The molecule has 37 heavy (non-hydrogen) atoms. The van der Waals surface area contributed by atoms with Gasteiger partial charge in [-0.1, -0.05) is 78.3 Å². The summed E-state index contributed by atoms with van der Waals surface area (Å²) in [7, 11) is 0. The van der Waals surface area contributed by atoms with E-state index in [0.29, 0.717) is 6.08 Å². The quantitative estimate of drug-likeness (QED) is 0.261. The van der Waals surface area contributed by atoms with Crippen LogP contribution < -0.4 is 0 Å². The number of halogens is 1. The molecule has 0 heterocycles. The third-order valence-electron chi connectivity index (χ3n) is 5.52. The highest BCUT2D eigenvalue weighted by Gasteiger charge is 2.55. The Bertz CT molecular complexity index is 1410. The van der Waals surface area contributed by atoms with Crippen molar-refractivity contribution in [2.75, 3.05) is 0 Å². The molecule has 0 radical (unpaired) electrons. The van der Waals surface area contributed by atoms with Gasteiger partial charge >= 0.3 is 17.9 Å². The zero-order valence-corrected chi connectivity index (χ0v) is 19.8. The normalized spacial score (nSPS) is 18.9. The maximum absolute atomic E-state index is 13.6. The van der Waals surface area contributed by atoms with Crippen molar-refractivity contribution in [1.82, 2.24) is 0 Å². The Morgan fingerprint density at radius 1 is 0.730 bits per heavy atom. The van der Waals surface area contributed by atoms with Crippen LogP contribution in [-0.2, 0) is 14.3 Å². The molecule has 3 aromatic rings. The van der Waals surface area contributed by atoms with Crippen LogP contribution >= 0.6 is 11.6 Å². The highest BCUT2D eigenvalue weighted by atomic mass is 35.5. The molecule has 0 saturated heterocycles. The number of rotatable bonds is 7. The number of carbonyl (C=O) groups is 4. The minimum atomic E-state index is -2.66. The zero-order valence-electron chi connectivity index (χ0n) is 19.0. The standard InChI is InChI=1S/C28H19ClO8/c29-28(37-27(35)19-14-8-3-9-15-19)21(30)16-20(25(32)33)22(23(31)17-10-4-1-5-11-17)24(28)36-26(34)18-12-6-2-7-13-18/h1-16,24,30H,(H,32,33). The molecule has 3 aromatic carbocycles. The van der Waals surface area contributed by atoms with E-state index >= 15 is 0 Å². The molecular weight excluding hydrogens is 500 g/mol. The Labute approximate surface area is 216 Å². The van der Waals surface area contributed by atoms with E-state index in [2.05, 4.69) is 0 Å². The van der Waals surface area contributed by atoms with Gasteiger partial charge in [0, 0.05) is 5.56 Å². The number of hydrogen-bond donors (Lipinski definition) is 2. The van der Waals surface area contributed by atoms with Gasteiger partial charge in [-0.05, 0) is 30.3 Å². The number of alkyl halides is 1. The van der Waals surface area contributed by atoms with E-state index in [1.54, 1.807) is 54.6 Å². The summed E-state index contributed by atoms with van der Waals surface area (Å²) in [5.41, 5.74) is -1.11. The fourth-order valence-corrected chi connectivity index (χ4v) is 3.97.